The number of aryl methyl sites for hydroxylation is 3. The molecule has 2 N–H and O–H groups in total. The van der Waals surface area contributed by atoms with E-state index in [0.717, 1.165) is 43.0 Å². The molecule has 0 radical (unpaired) electrons. The van der Waals surface area contributed by atoms with E-state index in [9.17, 15) is 13.2 Å². The van der Waals surface area contributed by atoms with E-state index in [-0.39, 0.29) is 16.3 Å². The van der Waals surface area contributed by atoms with E-state index in [1.165, 1.54) is 27.2 Å². The summed E-state index contributed by atoms with van der Waals surface area (Å²) in [5.74, 6) is 1.43. The molecule has 2 aromatic heterocycles. The number of sulfonamides is 1. The van der Waals surface area contributed by atoms with Gasteiger partial charge in [0.1, 0.15) is 16.4 Å². The second-order valence-electron chi connectivity index (χ2n) is 7.97. The van der Waals surface area contributed by atoms with E-state index in [0.29, 0.717) is 5.69 Å². The topological polar surface area (TPSA) is 132 Å². The number of nitrogens with one attached hydrogen (secondary N) is 2. The van der Waals surface area contributed by atoms with Crippen molar-refractivity contribution < 1.29 is 17.7 Å². The molecular formula is C21H26N6O4S. The van der Waals surface area contributed by atoms with E-state index in [2.05, 4.69) is 30.0 Å². The van der Waals surface area contributed by atoms with Gasteiger partial charge in [0, 0.05) is 24.2 Å². The highest BCUT2D eigenvalue weighted by molar-refractivity contribution is 7.89. The molecule has 0 fully saturated rings. The summed E-state index contributed by atoms with van der Waals surface area (Å²) in [5, 5.41) is 15.1. The third-order valence-corrected chi connectivity index (χ3v) is 7.24. The summed E-state index contributed by atoms with van der Waals surface area (Å²) < 4.78 is 34.8. The van der Waals surface area contributed by atoms with Crippen molar-refractivity contribution in [2.75, 3.05) is 5.32 Å². The van der Waals surface area contributed by atoms with Gasteiger partial charge in [0.25, 0.3) is 0 Å². The van der Waals surface area contributed by atoms with Crippen LogP contribution in [0.4, 0.5) is 5.69 Å². The fourth-order valence-electron chi connectivity index (χ4n) is 3.89. The molecule has 1 aliphatic rings. The van der Waals surface area contributed by atoms with Crippen molar-refractivity contribution in [1.82, 2.24) is 24.6 Å². The van der Waals surface area contributed by atoms with Crippen LogP contribution in [0.5, 0.6) is 0 Å². The summed E-state index contributed by atoms with van der Waals surface area (Å²) in [6, 6.07) is 6.29. The average Bonchev–Trinajstić information content (AvgIpc) is 3.22. The highest BCUT2D eigenvalue weighted by Crippen LogP contribution is 2.25. The minimum absolute atomic E-state index is 0.0494. The molecule has 0 bridgehead atoms. The van der Waals surface area contributed by atoms with Gasteiger partial charge < -0.3 is 14.4 Å². The Kier molecular flexibility index (Phi) is 6.11. The predicted molar refractivity (Wildman–Crippen MR) is 117 cm³/mol. The first kappa shape index (κ1) is 22.2. The van der Waals surface area contributed by atoms with Crippen LogP contribution in [0.1, 0.15) is 43.5 Å². The molecular weight excluding hydrogens is 432 g/mol. The third kappa shape index (κ3) is 4.44. The molecule has 0 spiro atoms. The van der Waals surface area contributed by atoms with Gasteiger partial charge in [0.15, 0.2) is 11.6 Å². The van der Waals surface area contributed by atoms with Crippen molar-refractivity contribution in [1.29, 1.82) is 0 Å². The molecule has 10 nitrogen and oxygen atoms in total. The van der Waals surface area contributed by atoms with E-state index in [4.69, 9.17) is 4.52 Å². The van der Waals surface area contributed by atoms with Gasteiger partial charge in [-0.3, -0.25) is 4.79 Å². The fraction of sp³-hybridized carbons (Fsp3) is 0.429. The van der Waals surface area contributed by atoms with Crippen LogP contribution in [-0.4, -0.2) is 40.3 Å². The molecule has 1 amide bonds. The number of nitrogens with zero attached hydrogens (tertiary/aromatic N) is 4. The molecule has 32 heavy (non-hydrogen) atoms. The van der Waals surface area contributed by atoms with E-state index >= 15 is 0 Å². The summed E-state index contributed by atoms with van der Waals surface area (Å²) >= 11 is 0. The van der Waals surface area contributed by atoms with Crippen molar-refractivity contribution in [3.8, 4) is 11.4 Å². The quantitative estimate of drug-likeness (QED) is 0.580. The van der Waals surface area contributed by atoms with Gasteiger partial charge in [0.05, 0.1) is 6.04 Å². The number of anilines is 1. The van der Waals surface area contributed by atoms with Crippen LogP contribution in [0, 0.1) is 13.8 Å². The zero-order chi connectivity index (χ0) is 22.9. The Bertz CT molecular complexity index is 1230. The number of hydrogen-bond acceptors (Lipinski definition) is 7. The Morgan fingerprint density at radius 3 is 2.75 bits per heavy atom. The van der Waals surface area contributed by atoms with Crippen molar-refractivity contribution in [3.63, 3.8) is 0 Å². The van der Waals surface area contributed by atoms with Gasteiger partial charge in [-0.2, -0.15) is 4.72 Å². The van der Waals surface area contributed by atoms with E-state index in [1.807, 2.05) is 18.2 Å². The monoisotopic (exact) mass is 458 g/mol. The summed E-state index contributed by atoms with van der Waals surface area (Å²) in [6.07, 6.45) is 4.26. The maximum absolute atomic E-state index is 12.7. The lowest BCUT2D eigenvalue weighted by molar-refractivity contribution is -0.117. The molecule has 0 saturated heterocycles. The number of benzene rings is 1. The Hall–Kier alpha value is -3.05. The molecule has 3 aromatic rings. The van der Waals surface area contributed by atoms with Gasteiger partial charge in [-0.15, -0.1) is 10.2 Å². The van der Waals surface area contributed by atoms with Crippen molar-refractivity contribution in [2.24, 2.45) is 0 Å². The summed E-state index contributed by atoms with van der Waals surface area (Å²) in [7, 11) is -3.96. The number of fused-ring (bicyclic) bond motifs is 1. The van der Waals surface area contributed by atoms with E-state index < -0.39 is 22.0 Å². The summed E-state index contributed by atoms with van der Waals surface area (Å²) in [6.45, 7) is 5.39. The highest BCUT2D eigenvalue weighted by Gasteiger charge is 2.28. The maximum Gasteiger partial charge on any atom is 0.246 e. The van der Waals surface area contributed by atoms with Crippen LogP contribution in [0.15, 0.2) is 33.7 Å². The van der Waals surface area contributed by atoms with Crippen LogP contribution in [0.3, 0.4) is 0 Å². The molecule has 1 aromatic carbocycles. The second-order valence-corrected chi connectivity index (χ2v) is 9.62. The molecule has 0 aliphatic carbocycles. The molecule has 1 aliphatic heterocycles. The largest absolute Gasteiger partial charge is 0.360 e. The first-order chi connectivity index (χ1) is 15.3. The Labute approximate surface area is 186 Å². The Balaban J connectivity index is 1.49. The smallest absolute Gasteiger partial charge is 0.246 e. The van der Waals surface area contributed by atoms with Crippen molar-refractivity contribution in [3.05, 3.63) is 41.5 Å². The lowest BCUT2D eigenvalue weighted by Gasteiger charge is -2.15. The summed E-state index contributed by atoms with van der Waals surface area (Å²) in [5.41, 5.74) is 1.62. The Morgan fingerprint density at radius 2 is 2.00 bits per heavy atom. The lowest BCUT2D eigenvalue weighted by Crippen LogP contribution is -2.41. The standard InChI is InChI=1S/C21H26N6O4S/c1-13-19(15(3)31-25-13)32(29,30)26-14(2)21(28)22-17-9-7-8-16(12-17)20-24-23-18-10-5-4-6-11-27(18)20/h7-9,12,14,26H,4-6,10-11H2,1-3H3,(H,22,28)/t14-/m1/s1. The minimum atomic E-state index is -3.96. The number of amides is 1. The molecule has 4 rings (SSSR count). The van der Waals surface area contributed by atoms with E-state index in [1.54, 1.807) is 6.07 Å². The maximum atomic E-state index is 12.7. The van der Waals surface area contributed by atoms with Crippen LogP contribution in [-0.2, 0) is 27.8 Å². The van der Waals surface area contributed by atoms with Crippen LogP contribution in [0.2, 0.25) is 0 Å². The fourth-order valence-corrected chi connectivity index (χ4v) is 5.42. The van der Waals surface area contributed by atoms with Gasteiger partial charge >= 0.3 is 0 Å². The zero-order valence-electron chi connectivity index (χ0n) is 18.3. The Morgan fingerprint density at radius 1 is 1.19 bits per heavy atom. The molecule has 3 heterocycles. The SMILES string of the molecule is Cc1noc(C)c1S(=O)(=O)N[C@H](C)C(=O)Nc1cccc(-c2nnc3n2CCCCC3)c1. The minimum Gasteiger partial charge on any atom is -0.360 e. The first-order valence-electron chi connectivity index (χ1n) is 10.5. The lowest BCUT2D eigenvalue weighted by atomic mass is 10.1. The van der Waals surface area contributed by atoms with Crippen LogP contribution in [0.25, 0.3) is 11.4 Å². The van der Waals surface area contributed by atoms with Gasteiger partial charge in [-0.1, -0.05) is 23.7 Å². The second kappa shape index (κ2) is 8.83. The summed E-state index contributed by atoms with van der Waals surface area (Å²) in [4.78, 5) is 12.6. The molecule has 11 heteroatoms. The normalized spacial score (nSPS) is 15.1. The van der Waals surface area contributed by atoms with Crippen LogP contribution < -0.4 is 10.0 Å². The number of carbonyl (C=O) groups is 1. The predicted octanol–water partition coefficient (Wildman–Crippen LogP) is 2.58. The third-order valence-electron chi connectivity index (χ3n) is 5.46. The molecule has 1 atom stereocenters. The van der Waals surface area contributed by atoms with Gasteiger partial charge in [-0.25, -0.2) is 8.42 Å². The first-order valence-corrected chi connectivity index (χ1v) is 12.0. The number of aromatic nitrogens is 4. The molecule has 0 saturated carbocycles. The average molecular weight is 459 g/mol. The number of carbonyl (C=O) groups excluding carboxylic acids is 1. The molecule has 0 unspecified atom stereocenters. The van der Waals surface area contributed by atoms with Crippen molar-refractivity contribution >= 4 is 21.6 Å². The highest BCUT2D eigenvalue weighted by atomic mass is 32.2. The zero-order valence-corrected chi connectivity index (χ0v) is 19.1. The molecule has 170 valence electrons. The number of hydrogen-bond donors (Lipinski definition) is 2. The number of rotatable bonds is 6. The van der Waals surface area contributed by atoms with Crippen molar-refractivity contribution in [2.45, 2.75) is 63.9 Å². The van der Waals surface area contributed by atoms with Gasteiger partial charge in [0.2, 0.25) is 15.9 Å². The van der Waals surface area contributed by atoms with Gasteiger partial charge in [-0.05, 0) is 45.7 Å². The van der Waals surface area contributed by atoms with Crippen LogP contribution >= 0.6 is 0 Å².